The molecule has 4 heteroatoms. The van der Waals surface area contributed by atoms with Gasteiger partial charge in [0.1, 0.15) is 0 Å². The van der Waals surface area contributed by atoms with Crippen molar-refractivity contribution in [1.82, 2.24) is 10.3 Å². The van der Waals surface area contributed by atoms with Gasteiger partial charge in [-0.2, -0.15) is 0 Å². The first kappa shape index (κ1) is 15.0. The Morgan fingerprint density at radius 3 is 3.00 bits per heavy atom. The Morgan fingerprint density at radius 1 is 1.35 bits per heavy atom. The molecule has 0 radical (unpaired) electrons. The van der Waals surface area contributed by atoms with E-state index in [-0.39, 0.29) is 0 Å². The van der Waals surface area contributed by atoms with Gasteiger partial charge in [0, 0.05) is 31.2 Å². The van der Waals surface area contributed by atoms with Crippen LogP contribution in [0.2, 0.25) is 0 Å². The lowest BCUT2D eigenvalue weighted by atomic mass is 10.2. The summed E-state index contributed by atoms with van der Waals surface area (Å²) in [5, 5.41) is 5.60. The Labute approximate surface area is 125 Å². The normalized spacial score (nSPS) is 10.7. The maximum atomic E-state index is 4.27. The van der Waals surface area contributed by atoms with Crippen LogP contribution in [0.3, 0.4) is 0 Å². The first-order valence-corrected chi connectivity index (χ1v) is 8.06. The summed E-state index contributed by atoms with van der Waals surface area (Å²) in [4.78, 5) is 8.01. The highest BCUT2D eigenvalue weighted by molar-refractivity contribution is 7.09. The van der Waals surface area contributed by atoms with Crippen molar-refractivity contribution in [3.05, 3.63) is 46.4 Å². The van der Waals surface area contributed by atoms with Crippen LogP contribution in [0.5, 0.6) is 0 Å². The quantitative estimate of drug-likeness (QED) is 0.756. The summed E-state index contributed by atoms with van der Waals surface area (Å²) < 4.78 is 0. The number of rotatable bonds is 8. The Morgan fingerprint density at radius 2 is 2.25 bits per heavy atom. The van der Waals surface area contributed by atoms with Crippen molar-refractivity contribution in [3.8, 4) is 0 Å². The molecule has 2 aromatic heterocycles. The molecule has 1 N–H and O–H groups in total. The summed E-state index contributed by atoms with van der Waals surface area (Å²) in [6.07, 6.45) is 6.09. The number of hydrogen-bond donors (Lipinski definition) is 1. The minimum absolute atomic E-state index is 0.912. The van der Waals surface area contributed by atoms with E-state index in [2.05, 4.69) is 52.8 Å². The number of aromatic nitrogens is 1. The fourth-order valence-electron chi connectivity index (χ4n) is 2.16. The van der Waals surface area contributed by atoms with Gasteiger partial charge in [0.25, 0.3) is 0 Å². The molecule has 0 saturated heterocycles. The molecule has 0 spiro atoms. The number of pyridine rings is 1. The van der Waals surface area contributed by atoms with Crippen molar-refractivity contribution < 1.29 is 0 Å². The highest BCUT2D eigenvalue weighted by Crippen LogP contribution is 2.19. The van der Waals surface area contributed by atoms with Gasteiger partial charge in [-0.25, -0.2) is 0 Å². The molecular formula is C16H23N3S. The second-order valence-electron chi connectivity index (χ2n) is 4.93. The van der Waals surface area contributed by atoms with E-state index in [0.29, 0.717) is 0 Å². The van der Waals surface area contributed by atoms with Gasteiger partial charge in [0.05, 0.1) is 11.9 Å². The lowest BCUT2D eigenvalue weighted by Crippen LogP contribution is -2.23. The van der Waals surface area contributed by atoms with Gasteiger partial charge in [-0.3, -0.25) is 4.98 Å². The van der Waals surface area contributed by atoms with Crippen molar-refractivity contribution in [2.24, 2.45) is 0 Å². The van der Waals surface area contributed by atoms with E-state index in [1.165, 1.54) is 16.1 Å². The molecule has 2 heterocycles. The number of anilines is 1. The van der Waals surface area contributed by atoms with Crippen LogP contribution in [0.1, 0.15) is 23.8 Å². The molecule has 0 aliphatic carbocycles. The van der Waals surface area contributed by atoms with Gasteiger partial charge >= 0.3 is 0 Å². The van der Waals surface area contributed by atoms with Crippen molar-refractivity contribution >= 4 is 17.0 Å². The zero-order valence-corrected chi connectivity index (χ0v) is 13.1. The topological polar surface area (TPSA) is 28.2 Å². The van der Waals surface area contributed by atoms with Crippen LogP contribution in [0, 0.1) is 0 Å². The molecule has 108 valence electrons. The van der Waals surface area contributed by atoms with Gasteiger partial charge < -0.3 is 10.2 Å². The van der Waals surface area contributed by atoms with Gasteiger partial charge in [0.15, 0.2) is 0 Å². The van der Waals surface area contributed by atoms with Crippen LogP contribution in [-0.2, 0) is 13.0 Å². The number of thiophene rings is 1. The van der Waals surface area contributed by atoms with E-state index in [0.717, 1.165) is 32.5 Å². The summed E-state index contributed by atoms with van der Waals surface area (Å²) in [7, 11) is 2.15. The molecule has 0 aromatic carbocycles. The van der Waals surface area contributed by atoms with Gasteiger partial charge in [-0.1, -0.05) is 13.0 Å². The molecule has 0 amide bonds. The largest absolute Gasteiger partial charge is 0.373 e. The molecule has 0 saturated carbocycles. The van der Waals surface area contributed by atoms with Gasteiger partial charge in [0.2, 0.25) is 0 Å². The number of hydrogen-bond acceptors (Lipinski definition) is 4. The second-order valence-corrected chi connectivity index (χ2v) is 5.96. The van der Waals surface area contributed by atoms with Gasteiger partial charge in [-0.05, 0) is 42.5 Å². The van der Waals surface area contributed by atoms with E-state index < -0.39 is 0 Å². The third-order valence-electron chi connectivity index (χ3n) is 3.31. The highest BCUT2D eigenvalue weighted by atomic mass is 32.1. The zero-order valence-electron chi connectivity index (χ0n) is 12.3. The number of nitrogens with zero attached hydrogens (tertiary/aromatic N) is 2. The van der Waals surface area contributed by atoms with E-state index in [1.807, 2.05) is 23.7 Å². The Balaban J connectivity index is 1.95. The third kappa shape index (κ3) is 4.32. The molecule has 0 unspecified atom stereocenters. The molecule has 0 aliphatic rings. The fourth-order valence-corrected chi connectivity index (χ4v) is 2.86. The molecule has 0 atom stereocenters. The summed E-state index contributed by atoms with van der Waals surface area (Å²) in [6, 6.07) is 6.43. The smallest absolute Gasteiger partial charge is 0.0595 e. The maximum absolute atomic E-state index is 4.27. The molecule has 2 rings (SSSR count). The molecular weight excluding hydrogens is 266 g/mol. The van der Waals surface area contributed by atoms with Crippen molar-refractivity contribution in [2.45, 2.75) is 26.3 Å². The number of likely N-dealkylation sites (N-methyl/N-ethyl adjacent to an activating group) is 1. The molecule has 3 nitrogen and oxygen atoms in total. The minimum atomic E-state index is 0.912. The monoisotopic (exact) mass is 289 g/mol. The summed E-state index contributed by atoms with van der Waals surface area (Å²) >= 11 is 1.83. The van der Waals surface area contributed by atoms with Crippen molar-refractivity contribution in [3.63, 3.8) is 0 Å². The predicted octanol–water partition coefficient (Wildman–Crippen LogP) is 3.32. The third-order valence-corrected chi connectivity index (χ3v) is 4.25. The Hall–Kier alpha value is -1.39. The Bertz CT molecular complexity index is 496. The molecule has 0 fully saturated rings. The SMILES string of the molecule is CCCNCc1ccncc1N(C)CCc1cccs1. The van der Waals surface area contributed by atoms with Crippen LogP contribution < -0.4 is 10.2 Å². The highest BCUT2D eigenvalue weighted by Gasteiger charge is 2.07. The second kappa shape index (κ2) is 8.02. The van der Waals surface area contributed by atoms with E-state index in [9.17, 15) is 0 Å². The predicted molar refractivity (Wildman–Crippen MR) is 87.5 cm³/mol. The van der Waals surface area contributed by atoms with E-state index in [1.54, 1.807) is 0 Å². The number of nitrogens with one attached hydrogen (secondary N) is 1. The van der Waals surface area contributed by atoms with Crippen LogP contribution in [0.4, 0.5) is 5.69 Å². The van der Waals surface area contributed by atoms with Crippen molar-refractivity contribution in [1.29, 1.82) is 0 Å². The molecule has 0 bridgehead atoms. The summed E-state index contributed by atoms with van der Waals surface area (Å²) in [5.74, 6) is 0. The van der Waals surface area contributed by atoms with Crippen LogP contribution in [0.25, 0.3) is 0 Å². The van der Waals surface area contributed by atoms with E-state index in [4.69, 9.17) is 0 Å². The molecule has 20 heavy (non-hydrogen) atoms. The first-order valence-electron chi connectivity index (χ1n) is 7.18. The summed E-state index contributed by atoms with van der Waals surface area (Å²) in [5.41, 5.74) is 2.55. The van der Waals surface area contributed by atoms with Gasteiger partial charge in [-0.15, -0.1) is 11.3 Å². The first-order chi connectivity index (χ1) is 9.81. The zero-order chi connectivity index (χ0) is 14.2. The average Bonchev–Trinajstić information content (AvgIpc) is 2.99. The Kier molecular flexibility index (Phi) is 6.02. The fraction of sp³-hybridized carbons (Fsp3) is 0.438. The minimum Gasteiger partial charge on any atom is -0.373 e. The van der Waals surface area contributed by atoms with E-state index >= 15 is 0 Å². The van der Waals surface area contributed by atoms with Crippen molar-refractivity contribution in [2.75, 3.05) is 25.0 Å². The average molecular weight is 289 g/mol. The molecule has 2 aromatic rings. The lowest BCUT2D eigenvalue weighted by Gasteiger charge is -2.22. The standard InChI is InChI=1S/C16H23N3S/c1-3-8-17-12-14-6-9-18-13-16(14)19(2)10-7-15-5-4-11-20-15/h4-6,9,11,13,17H,3,7-8,10,12H2,1-2H3. The summed E-state index contributed by atoms with van der Waals surface area (Å²) in [6.45, 7) is 5.18. The molecule has 0 aliphatic heterocycles. The lowest BCUT2D eigenvalue weighted by molar-refractivity contribution is 0.673. The maximum Gasteiger partial charge on any atom is 0.0595 e. The van der Waals surface area contributed by atoms with Crippen LogP contribution in [-0.4, -0.2) is 25.1 Å². The van der Waals surface area contributed by atoms with Crippen LogP contribution >= 0.6 is 11.3 Å². The van der Waals surface area contributed by atoms with Crippen LogP contribution in [0.15, 0.2) is 36.0 Å².